The first kappa shape index (κ1) is 17.9. The van der Waals surface area contributed by atoms with Gasteiger partial charge in [-0.05, 0) is 47.9 Å². The SMILES string of the molecule is CS(=O)c1cccc(NC(=O)Nc2ccc3c(c2)CCN(C(=O)O)C3)c1. The van der Waals surface area contributed by atoms with Crippen molar-refractivity contribution >= 4 is 34.3 Å². The lowest BCUT2D eigenvalue weighted by atomic mass is 9.99. The Bertz CT molecular complexity index is 884. The van der Waals surface area contributed by atoms with Gasteiger partial charge in [0, 0.05) is 46.4 Å². The Balaban J connectivity index is 1.66. The van der Waals surface area contributed by atoms with E-state index in [4.69, 9.17) is 5.11 Å². The van der Waals surface area contributed by atoms with Gasteiger partial charge in [0.1, 0.15) is 0 Å². The van der Waals surface area contributed by atoms with Gasteiger partial charge in [-0.25, -0.2) is 9.59 Å². The van der Waals surface area contributed by atoms with Gasteiger partial charge in [0.2, 0.25) is 0 Å². The van der Waals surface area contributed by atoms with E-state index in [9.17, 15) is 13.8 Å². The highest BCUT2D eigenvalue weighted by Crippen LogP contribution is 2.23. The van der Waals surface area contributed by atoms with Crippen LogP contribution >= 0.6 is 0 Å². The number of benzene rings is 2. The predicted octanol–water partition coefficient (Wildman–Crippen LogP) is 3.10. The molecule has 3 N–H and O–H groups in total. The summed E-state index contributed by atoms with van der Waals surface area (Å²) in [6.45, 7) is 0.803. The number of hydrogen-bond acceptors (Lipinski definition) is 3. The highest BCUT2D eigenvalue weighted by Gasteiger charge is 2.20. The molecule has 1 aliphatic heterocycles. The average molecular weight is 373 g/mol. The van der Waals surface area contributed by atoms with Crippen molar-refractivity contribution in [3.05, 3.63) is 53.6 Å². The maximum atomic E-state index is 12.2. The van der Waals surface area contributed by atoms with Gasteiger partial charge in [-0.1, -0.05) is 12.1 Å². The third-order valence-electron chi connectivity index (χ3n) is 4.17. The van der Waals surface area contributed by atoms with Gasteiger partial charge in [0.05, 0.1) is 0 Å². The molecule has 0 bridgehead atoms. The number of carbonyl (C=O) groups is 2. The molecule has 1 aliphatic rings. The van der Waals surface area contributed by atoms with E-state index in [1.165, 1.54) is 4.90 Å². The zero-order valence-electron chi connectivity index (χ0n) is 14.2. The molecule has 1 heterocycles. The van der Waals surface area contributed by atoms with Crippen molar-refractivity contribution in [2.45, 2.75) is 17.9 Å². The molecule has 0 aliphatic carbocycles. The van der Waals surface area contributed by atoms with Gasteiger partial charge in [-0.15, -0.1) is 0 Å². The Kier molecular flexibility index (Phi) is 5.22. The highest BCUT2D eigenvalue weighted by atomic mass is 32.2. The smallest absolute Gasteiger partial charge is 0.407 e. The minimum absolute atomic E-state index is 0.359. The monoisotopic (exact) mass is 373 g/mol. The van der Waals surface area contributed by atoms with E-state index in [0.717, 1.165) is 11.1 Å². The van der Waals surface area contributed by atoms with Crippen LogP contribution < -0.4 is 10.6 Å². The quantitative estimate of drug-likeness (QED) is 0.770. The van der Waals surface area contributed by atoms with Crippen molar-refractivity contribution in [3.8, 4) is 0 Å². The first-order valence-electron chi connectivity index (χ1n) is 8.03. The van der Waals surface area contributed by atoms with Gasteiger partial charge in [0.25, 0.3) is 0 Å². The van der Waals surface area contributed by atoms with Crippen molar-refractivity contribution in [1.82, 2.24) is 4.90 Å². The minimum atomic E-state index is -1.12. The van der Waals surface area contributed by atoms with E-state index in [1.807, 2.05) is 12.1 Å². The Morgan fingerprint density at radius 3 is 2.50 bits per heavy atom. The highest BCUT2D eigenvalue weighted by molar-refractivity contribution is 7.84. The van der Waals surface area contributed by atoms with Crippen LogP contribution in [0.5, 0.6) is 0 Å². The number of amides is 3. The summed E-state index contributed by atoms with van der Waals surface area (Å²) in [4.78, 5) is 25.3. The third-order valence-corrected chi connectivity index (χ3v) is 5.09. The van der Waals surface area contributed by atoms with Crippen LogP contribution in [0, 0.1) is 0 Å². The molecular weight excluding hydrogens is 354 g/mol. The summed E-state index contributed by atoms with van der Waals surface area (Å²) in [7, 11) is -1.12. The van der Waals surface area contributed by atoms with E-state index in [1.54, 1.807) is 36.6 Å². The van der Waals surface area contributed by atoms with Crippen molar-refractivity contribution < 1.29 is 18.9 Å². The van der Waals surface area contributed by atoms with Crippen LogP contribution in [0.25, 0.3) is 0 Å². The molecule has 0 spiro atoms. The van der Waals surface area contributed by atoms with Crippen molar-refractivity contribution in [2.24, 2.45) is 0 Å². The van der Waals surface area contributed by atoms with Gasteiger partial charge >= 0.3 is 12.1 Å². The summed E-state index contributed by atoms with van der Waals surface area (Å²) >= 11 is 0. The van der Waals surface area contributed by atoms with Gasteiger partial charge in [0.15, 0.2) is 0 Å². The first-order chi connectivity index (χ1) is 12.4. The molecule has 0 saturated carbocycles. The number of nitrogens with one attached hydrogen (secondary N) is 2. The molecule has 26 heavy (non-hydrogen) atoms. The number of fused-ring (bicyclic) bond motifs is 1. The van der Waals surface area contributed by atoms with E-state index in [-0.39, 0.29) is 0 Å². The number of rotatable bonds is 3. The number of anilines is 2. The number of hydrogen-bond donors (Lipinski definition) is 3. The van der Waals surface area contributed by atoms with Crippen molar-refractivity contribution in [1.29, 1.82) is 0 Å². The lowest BCUT2D eigenvalue weighted by Gasteiger charge is -2.26. The molecule has 2 aromatic carbocycles. The zero-order chi connectivity index (χ0) is 18.7. The van der Waals surface area contributed by atoms with E-state index in [2.05, 4.69) is 10.6 Å². The molecule has 0 radical (unpaired) electrons. The van der Waals surface area contributed by atoms with Crippen LogP contribution in [0.15, 0.2) is 47.4 Å². The summed E-state index contributed by atoms with van der Waals surface area (Å²) in [6.07, 6.45) is 1.27. The summed E-state index contributed by atoms with van der Waals surface area (Å²) < 4.78 is 11.5. The van der Waals surface area contributed by atoms with Crippen LogP contribution in [-0.4, -0.2) is 39.1 Å². The fourth-order valence-corrected chi connectivity index (χ4v) is 3.40. The molecule has 0 aromatic heterocycles. The molecule has 1 atom stereocenters. The molecule has 0 saturated heterocycles. The Morgan fingerprint density at radius 1 is 1.08 bits per heavy atom. The van der Waals surface area contributed by atoms with Crippen LogP contribution in [0.2, 0.25) is 0 Å². The normalized spacial score (nSPS) is 14.3. The molecule has 3 amide bonds. The van der Waals surface area contributed by atoms with Gasteiger partial charge in [-0.3, -0.25) is 4.21 Å². The molecule has 8 heteroatoms. The van der Waals surface area contributed by atoms with E-state index >= 15 is 0 Å². The maximum Gasteiger partial charge on any atom is 0.407 e. The second-order valence-electron chi connectivity index (χ2n) is 6.00. The minimum Gasteiger partial charge on any atom is -0.465 e. The molecule has 2 aromatic rings. The zero-order valence-corrected chi connectivity index (χ0v) is 15.0. The topological polar surface area (TPSA) is 98.7 Å². The Labute approximate surface area is 153 Å². The molecule has 7 nitrogen and oxygen atoms in total. The second-order valence-corrected chi connectivity index (χ2v) is 7.38. The van der Waals surface area contributed by atoms with E-state index in [0.29, 0.717) is 35.8 Å². The summed E-state index contributed by atoms with van der Waals surface area (Å²) in [6, 6.07) is 11.9. The van der Waals surface area contributed by atoms with Gasteiger partial charge < -0.3 is 20.6 Å². The van der Waals surface area contributed by atoms with Crippen LogP contribution in [0.3, 0.4) is 0 Å². The third kappa shape index (κ3) is 4.20. The molecule has 1 unspecified atom stereocenters. The van der Waals surface area contributed by atoms with Crippen molar-refractivity contribution in [2.75, 3.05) is 23.4 Å². The molecule has 136 valence electrons. The second kappa shape index (κ2) is 7.57. The molecule has 3 rings (SSSR count). The average Bonchev–Trinajstić information content (AvgIpc) is 2.61. The summed E-state index contributed by atoms with van der Waals surface area (Å²) in [5.74, 6) is 0. The number of carboxylic acid groups (broad SMARTS) is 1. The van der Waals surface area contributed by atoms with Gasteiger partial charge in [-0.2, -0.15) is 0 Å². The summed E-state index contributed by atoms with van der Waals surface area (Å²) in [5.41, 5.74) is 3.18. The number of nitrogens with zero attached hydrogens (tertiary/aromatic N) is 1. The molecular formula is C18H19N3O4S. The largest absolute Gasteiger partial charge is 0.465 e. The van der Waals surface area contributed by atoms with Crippen molar-refractivity contribution in [3.63, 3.8) is 0 Å². The maximum absolute atomic E-state index is 12.2. The van der Waals surface area contributed by atoms with Crippen LogP contribution in [0.1, 0.15) is 11.1 Å². The number of urea groups is 1. The number of carbonyl (C=O) groups excluding carboxylic acids is 1. The Morgan fingerprint density at radius 2 is 1.81 bits per heavy atom. The standard InChI is InChI=1S/C18H19N3O4S/c1-26(25)16-4-2-3-14(10-16)19-17(22)20-15-6-5-13-11-21(18(23)24)8-7-12(13)9-15/h2-6,9-10H,7-8,11H2,1H3,(H,23,24)(H2,19,20,22). The lowest BCUT2D eigenvalue weighted by Crippen LogP contribution is -2.34. The fourth-order valence-electron chi connectivity index (χ4n) is 2.84. The Hall–Kier alpha value is -2.87. The van der Waals surface area contributed by atoms with Crippen LogP contribution in [-0.2, 0) is 23.8 Å². The first-order valence-corrected chi connectivity index (χ1v) is 9.59. The summed E-state index contributed by atoms with van der Waals surface area (Å²) in [5, 5.41) is 14.6. The molecule has 0 fully saturated rings. The lowest BCUT2D eigenvalue weighted by molar-refractivity contribution is 0.140. The predicted molar refractivity (Wildman–Crippen MR) is 100.0 cm³/mol. The van der Waals surface area contributed by atoms with Crippen LogP contribution in [0.4, 0.5) is 21.0 Å². The fraction of sp³-hybridized carbons (Fsp3) is 0.222. The van der Waals surface area contributed by atoms with E-state index < -0.39 is 22.9 Å².